The number of nitrogens with one attached hydrogen (secondary N) is 1. The molecular weight excluding hydrogens is 354 g/mol. The number of amides is 1. The molecule has 0 aliphatic carbocycles. The lowest BCUT2D eigenvalue weighted by Crippen LogP contribution is -2.40. The third kappa shape index (κ3) is 5.05. The number of benzene rings is 2. The predicted octanol–water partition coefficient (Wildman–Crippen LogP) is 3.76. The molecule has 2 aromatic carbocycles. The summed E-state index contributed by atoms with van der Waals surface area (Å²) in [4.78, 5) is 12.0. The number of aryl methyl sites for hydroxylation is 1. The number of hydrogen-bond acceptors (Lipinski definition) is 4. The van der Waals surface area contributed by atoms with Crippen LogP contribution in [0.15, 0.2) is 42.5 Å². The molecule has 2 aromatic rings. The Kier molecular flexibility index (Phi) is 6.23. The fraction of sp³-hybridized carbons (Fsp3) is 0.350. The molecule has 6 heteroatoms. The number of halogens is 1. The van der Waals surface area contributed by atoms with Crippen LogP contribution in [0.2, 0.25) is 5.02 Å². The van der Waals surface area contributed by atoms with E-state index in [9.17, 15) is 4.79 Å². The fourth-order valence-corrected chi connectivity index (χ4v) is 2.90. The zero-order valence-electron chi connectivity index (χ0n) is 14.7. The second-order valence-corrected chi connectivity index (χ2v) is 6.60. The molecule has 0 radical (unpaired) electrons. The number of hydrogen-bond donors (Lipinski definition) is 1. The molecule has 0 bridgehead atoms. The molecule has 1 amide bonds. The maximum atomic E-state index is 12.0. The van der Waals surface area contributed by atoms with Gasteiger partial charge in [0.05, 0.1) is 13.2 Å². The number of para-hydroxylation sites is 2. The van der Waals surface area contributed by atoms with E-state index >= 15 is 0 Å². The summed E-state index contributed by atoms with van der Waals surface area (Å²) in [7, 11) is 0. The van der Waals surface area contributed by atoms with E-state index in [4.69, 9.17) is 25.8 Å². The summed E-state index contributed by atoms with van der Waals surface area (Å²) in [5, 5.41) is 3.57. The number of rotatable bonds is 7. The first-order valence-electron chi connectivity index (χ1n) is 8.66. The molecule has 5 nitrogen and oxygen atoms in total. The Balaban J connectivity index is 1.33. The maximum absolute atomic E-state index is 12.0. The second-order valence-electron chi connectivity index (χ2n) is 6.16. The van der Waals surface area contributed by atoms with Crippen LogP contribution in [0.3, 0.4) is 0 Å². The largest absolute Gasteiger partial charge is 0.493 e. The summed E-state index contributed by atoms with van der Waals surface area (Å²) < 4.78 is 17.1. The smallest absolute Gasteiger partial charge is 0.220 e. The predicted molar refractivity (Wildman–Crippen MR) is 100 cm³/mol. The number of carbonyl (C=O) groups is 1. The van der Waals surface area contributed by atoms with Crippen molar-refractivity contribution in [3.05, 3.63) is 53.1 Å². The molecule has 1 heterocycles. The van der Waals surface area contributed by atoms with E-state index in [1.807, 2.05) is 43.3 Å². The Labute approximate surface area is 158 Å². The minimum atomic E-state index is -0.179. The third-order valence-corrected chi connectivity index (χ3v) is 4.27. The molecule has 1 atom stereocenters. The van der Waals surface area contributed by atoms with Gasteiger partial charge in [0.2, 0.25) is 5.91 Å². The summed E-state index contributed by atoms with van der Waals surface area (Å²) in [6.45, 7) is 3.27. The van der Waals surface area contributed by atoms with E-state index < -0.39 is 0 Å². The third-order valence-electron chi connectivity index (χ3n) is 4.04. The normalized spacial score (nSPS) is 15.4. The zero-order valence-corrected chi connectivity index (χ0v) is 15.4. The van der Waals surface area contributed by atoms with Gasteiger partial charge in [-0.1, -0.05) is 23.7 Å². The number of ether oxygens (including phenoxy) is 3. The standard InChI is InChI=1S/C20H22ClNO4/c1-14-11-15(21)8-9-17(14)24-10-4-7-20(23)22-12-16-13-25-18-5-2-3-6-19(18)26-16/h2-3,5-6,8-9,11,16H,4,7,10,12-13H2,1H3,(H,22,23)/t16-/m1/s1. The van der Waals surface area contributed by atoms with Crippen molar-refractivity contribution in [3.63, 3.8) is 0 Å². The molecular formula is C20H22ClNO4. The molecule has 3 rings (SSSR count). The zero-order chi connectivity index (χ0) is 18.4. The molecule has 0 saturated heterocycles. The average molecular weight is 376 g/mol. The van der Waals surface area contributed by atoms with Gasteiger partial charge < -0.3 is 19.5 Å². The van der Waals surface area contributed by atoms with Gasteiger partial charge in [0.15, 0.2) is 11.5 Å². The molecule has 26 heavy (non-hydrogen) atoms. The van der Waals surface area contributed by atoms with E-state index in [-0.39, 0.29) is 12.0 Å². The lowest BCUT2D eigenvalue weighted by molar-refractivity contribution is -0.121. The van der Waals surface area contributed by atoms with Crippen molar-refractivity contribution in [3.8, 4) is 17.2 Å². The molecule has 0 saturated carbocycles. The van der Waals surface area contributed by atoms with E-state index in [1.54, 1.807) is 6.07 Å². The first-order valence-corrected chi connectivity index (χ1v) is 9.04. The van der Waals surface area contributed by atoms with Gasteiger partial charge in [0.25, 0.3) is 0 Å². The monoisotopic (exact) mass is 375 g/mol. The molecule has 1 aliphatic rings. The fourth-order valence-electron chi connectivity index (χ4n) is 2.67. The van der Waals surface area contributed by atoms with Crippen LogP contribution in [-0.4, -0.2) is 31.8 Å². The topological polar surface area (TPSA) is 56.8 Å². The first kappa shape index (κ1) is 18.4. The Morgan fingerprint density at radius 3 is 2.88 bits per heavy atom. The minimum absolute atomic E-state index is 0.0242. The first-order chi connectivity index (χ1) is 12.6. The summed E-state index contributed by atoms with van der Waals surface area (Å²) in [5.74, 6) is 2.22. The van der Waals surface area contributed by atoms with Gasteiger partial charge in [0.1, 0.15) is 18.5 Å². The quantitative estimate of drug-likeness (QED) is 0.748. The van der Waals surface area contributed by atoms with Crippen LogP contribution in [0.4, 0.5) is 0 Å². The lowest BCUT2D eigenvalue weighted by Gasteiger charge is -2.26. The molecule has 138 valence electrons. The molecule has 1 aliphatic heterocycles. The van der Waals surface area contributed by atoms with Crippen molar-refractivity contribution >= 4 is 17.5 Å². The number of fused-ring (bicyclic) bond motifs is 1. The van der Waals surface area contributed by atoms with Crippen molar-refractivity contribution in [2.45, 2.75) is 25.9 Å². The maximum Gasteiger partial charge on any atom is 0.220 e. The molecule has 0 fully saturated rings. The van der Waals surface area contributed by atoms with Gasteiger partial charge in [0, 0.05) is 11.4 Å². The second kappa shape index (κ2) is 8.81. The van der Waals surface area contributed by atoms with Gasteiger partial charge >= 0.3 is 0 Å². The van der Waals surface area contributed by atoms with Crippen LogP contribution < -0.4 is 19.5 Å². The van der Waals surface area contributed by atoms with Crippen LogP contribution >= 0.6 is 11.6 Å². The van der Waals surface area contributed by atoms with E-state index in [1.165, 1.54) is 0 Å². The van der Waals surface area contributed by atoms with Crippen LogP contribution in [0.5, 0.6) is 17.2 Å². The highest BCUT2D eigenvalue weighted by molar-refractivity contribution is 6.30. The Morgan fingerprint density at radius 1 is 1.27 bits per heavy atom. The Hall–Kier alpha value is -2.40. The van der Waals surface area contributed by atoms with Gasteiger partial charge in [-0.3, -0.25) is 4.79 Å². The van der Waals surface area contributed by atoms with E-state index in [0.717, 1.165) is 17.1 Å². The highest BCUT2D eigenvalue weighted by Crippen LogP contribution is 2.30. The minimum Gasteiger partial charge on any atom is -0.493 e. The van der Waals surface area contributed by atoms with Crippen molar-refractivity contribution in [2.24, 2.45) is 0 Å². The summed E-state index contributed by atoms with van der Waals surface area (Å²) >= 11 is 5.92. The van der Waals surface area contributed by atoms with Crippen LogP contribution in [0.25, 0.3) is 0 Å². The molecule has 0 aromatic heterocycles. The van der Waals surface area contributed by atoms with E-state index in [2.05, 4.69) is 5.32 Å². The summed E-state index contributed by atoms with van der Waals surface area (Å²) in [6.07, 6.45) is 0.858. The van der Waals surface area contributed by atoms with Gasteiger partial charge in [-0.15, -0.1) is 0 Å². The SMILES string of the molecule is Cc1cc(Cl)ccc1OCCCC(=O)NC[C@@H]1COc2ccccc2O1. The van der Waals surface area contributed by atoms with Crippen molar-refractivity contribution < 1.29 is 19.0 Å². The molecule has 1 N–H and O–H groups in total. The highest BCUT2D eigenvalue weighted by Gasteiger charge is 2.20. The highest BCUT2D eigenvalue weighted by atomic mass is 35.5. The molecule has 0 unspecified atom stereocenters. The van der Waals surface area contributed by atoms with Crippen LogP contribution in [-0.2, 0) is 4.79 Å². The van der Waals surface area contributed by atoms with Gasteiger partial charge in [-0.25, -0.2) is 0 Å². The van der Waals surface area contributed by atoms with Crippen LogP contribution in [0.1, 0.15) is 18.4 Å². The van der Waals surface area contributed by atoms with E-state index in [0.29, 0.717) is 43.4 Å². The average Bonchev–Trinajstić information content (AvgIpc) is 2.65. The van der Waals surface area contributed by atoms with Gasteiger partial charge in [-0.05, 0) is 49.2 Å². The van der Waals surface area contributed by atoms with Gasteiger partial charge in [-0.2, -0.15) is 0 Å². The Morgan fingerprint density at radius 2 is 2.08 bits per heavy atom. The number of carbonyl (C=O) groups excluding carboxylic acids is 1. The van der Waals surface area contributed by atoms with Crippen molar-refractivity contribution in [2.75, 3.05) is 19.8 Å². The van der Waals surface area contributed by atoms with Crippen molar-refractivity contribution in [1.29, 1.82) is 0 Å². The molecule has 0 spiro atoms. The lowest BCUT2D eigenvalue weighted by atomic mass is 10.2. The van der Waals surface area contributed by atoms with Crippen molar-refractivity contribution in [1.82, 2.24) is 5.32 Å². The summed E-state index contributed by atoms with van der Waals surface area (Å²) in [5.41, 5.74) is 0.983. The Bertz CT molecular complexity index is 765. The van der Waals surface area contributed by atoms with Crippen LogP contribution in [0, 0.1) is 6.92 Å². The summed E-state index contributed by atoms with van der Waals surface area (Å²) in [6, 6.07) is 13.0.